The maximum Gasteiger partial charge on any atom is 0.417 e. The molecule has 1 fully saturated rings. The van der Waals surface area contributed by atoms with E-state index in [4.69, 9.17) is 11.6 Å². The van der Waals surface area contributed by atoms with Crippen molar-refractivity contribution in [2.24, 2.45) is 0 Å². The number of piperidine rings is 1. The van der Waals surface area contributed by atoms with Gasteiger partial charge in [0.05, 0.1) is 16.2 Å². The molecule has 0 bridgehead atoms. The van der Waals surface area contributed by atoms with Gasteiger partial charge in [-0.1, -0.05) is 80.0 Å². The summed E-state index contributed by atoms with van der Waals surface area (Å²) < 4.78 is 39.8. The molecule has 3 aromatic rings. The molecule has 0 radical (unpaired) electrons. The van der Waals surface area contributed by atoms with Crippen molar-refractivity contribution >= 4 is 11.6 Å². The second-order valence-corrected chi connectivity index (χ2v) is 9.84. The van der Waals surface area contributed by atoms with Gasteiger partial charge >= 0.3 is 6.18 Å². The molecule has 5 rings (SSSR count). The van der Waals surface area contributed by atoms with Crippen LogP contribution in [0.1, 0.15) is 67.7 Å². The normalized spacial score (nSPS) is 17.2. The zero-order chi connectivity index (χ0) is 25.9. The number of rotatable bonds is 5. The van der Waals surface area contributed by atoms with E-state index < -0.39 is 17.3 Å². The Bertz CT molecular complexity index is 1140. The molecule has 0 amide bonds. The first-order valence-corrected chi connectivity index (χ1v) is 13.1. The van der Waals surface area contributed by atoms with Gasteiger partial charge in [0.1, 0.15) is 0 Å². The van der Waals surface area contributed by atoms with Crippen LogP contribution in [0.4, 0.5) is 13.2 Å². The van der Waals surface area contributed by atoms with E-state index in [2.05, 4.69) is 53.4 Å². The van der Waals surface area contributed by atoms with Gasteiger partial charge < -0.3 is 10.0 Å². The molecule has 1 N–H and O–H groups in total. The Labute approximate surface area is 216 Å². The minimum Gasteiger partial charge on any atom is -0.385 e. The third-order valence-electron chi connectivity index (χ3n) is 7.42. The summed E-state index contributed by atoms with van der Waals surface area (Å²) in [5, 5.41) is 10.8. The summed E-state index contributed by atoms with van der Waals surface area (Å²) in [4.78, 5) is 2.31. The lowest BCUT2D eigenvalue weighted by Gasteiger charge is -2.39. The van der Waals surface area contributed by atoms with E-state index >= 15 is 0 Å². The Kier molecular flexibility index (Phi) is 8.13. The maximum atomic E-state index is 13.3. The van der Waals surface area contributed by atoms with E-state index in [0.717, 1.165) is 25.5 Å². The van der Waals surface area contributed by atoms with Gasteiger partial charge in [0, 0.05) is 19.0 Å². The molecule has 192 valence electrons. The second kappa shape index (κ2) is 11.0. The van der Waals surface area contributed by atoms with E-state index in [0.29, 0.717) is 37.4 Å². The summed E-state index contributed by atoms with van der Waals surface area (Å²) in [7, 11) is 0. The highest BCUT2D eigenvalue weighted by atomic mass is 35.5. The zero-order valence-corrected chi connectivity index (χ0v) is 21.5. The first-order chi connectivity index (χ1) is 17.3. The van der Waals surface area contributed by atoms with Crippen LogP contribution in [0.25, 0.3) is 11.1 Å². The van der Waals surface area contributed by atoms with Crippen molar-refractivity contribution in [2.45, 2.75) is 57.2 Å². The van der Waals surface area contributed by atoms with Crippen molar-refractivity contribution in [2.75, 3.05) is 19.6 Å². The highest BCUT2D eigenvalue weighted by Crippen LogP contribution is 2.46. The Morgan fingerprint density at radius 1 is 0.917 bits per heavy atom. The fourth-order valence-electron chi connectivity index (χ4n) is 5.56. The number of fused-ring (bicyclic) bond motifs is 3. The van der Waals surface area contributed by atoms with Crippen molar-refractivity contribution in [3.8, 4) is 11.1 Å². The van der Waals surface area contributed by atoms with Crippen LogP contribution < -0.4 is 0 Å². The van der Waals surface area contributed by atoms with Gasteiger partial charge in [-0.3, -0.25) is 0 Å². The Balaban J connectivity index is 0.00000148. The minimum absolute atomic E-state index is 0.294. The van der Waals surface area contributed by atoms with Crippen LogP contribution in [0.2, 0.25) is 5.02 Å². The third kappa shape index (κ3) is 5.34. The van der Waals surface area contributed by atoms with Gasteiger partial charge in [0.2, 0.25) is 0 Å². The maximum absolute atomic E-state index is 13.3. The SMILES string of the molecule is CC.OC1(c2ccc(Cl)c(C(F)(F)F)c2)CCN(CCCC2c3ccccc3-c3ccccc32)CC1. The fourth-order valence-corrected chi connectivity index (χ4v) is 5.78. The highest BCUT2D eigenvalue weighted by molar-refractivity contribution is 6.31. The number of benzene rings is 3. The largest absolute Gasteiger partial charge is 0.417 e. The summed E-state index contributed by atoms with van der Waals surface area (Å²) in [6, 6.07) is 21.0. The molecule has 6 heteroatoms. The molecule has 0 spiro atoms. The number of alkyl halides is 3. The highest BCUT2D eigenvalue weighted by Gasteiger charge is 2.38. The average Bonchev–Trinajstić information content (AvgIpc) is 3.20. The van der Waals surface area contributed by atoms with E-state index in [1.165, 1.54) is 34.4 Å². The topological polar surface area (TPSA) is 23.5 Å². The van der Waals surface area contributed by atoms with Crippen LogP contribution in [0, 0.1) is 0 Å². The smallest absolute Gasteiger partial charge is 0.385 e. The summed E-state index contributed by atoms with van der Waals surface area (Å²) in [6.45, 7) is 6.21. The molecule has 1 heterocycles. The average molecular weight is 516 g/mol. The molecule has 1 aliphatic carbocycles. The summed E-state index contributed by atoms with van der Waals surface area (Å²) in [5.74, 6) is 0.393. The van der Waals surface area contributed by atoms with Gasteiger partial charge in [0.25, 0.3) is 0 Å². The van der Waals surface area contributed by atoms with Gasteiger partial charge in [-0.25, -0.2) is 0 Å². The molecule has 1 aliphatic heterocycles. The summed E-state index contributed by atoms with van der Waals surface area (Å²) in [5.41, 5.74) is 3.58. The van der Waals surface area contributed by atoms with Crippen molar-refractivity contribution in [1.29, 1.82) is 0 Å². The monoisotopic (exact) mass is 515 g/mol. The lowest BCUT2D eigenvalue weighted by Crippen LogP contribution is -2.43. The van der Waals surface area contributed by atoms with E-state index in [1.807, 2.05) is 13.8 Å². The van der Waals surface area contributed by atoms with Crippen LogP contribution in [0.3, 0.4) is 0 Å². The summed E-state index contributed by atoms with van der Waals surface area (Å²) >= 11 is 5.75. The number of hydrogen-bond donors (Lipinski definition) is 1. The molecule has 2 aliphatic rings. The van der Waals surface area contributed by atoms with Crippen LogP contribution in [0.15, 0.2) is 66.7 Å². The van der Waals surface area contributed by atoms with Crippen molar-refractivity contribution < 1.29 is 18.3 Å². The number of nitrogens with zero attached hydrogens (tertiary/aromatic N) is 1. The van der Waals surface area contributed by atoms with Crippen LogP contribution >= 0.6 is 11.6 Å². The van der Waals surface area contributed by atoms with Gasteiger partial charge in [0.15, 0.2) is 0 Å². The molecule has 2 nitrogen and oxygen atoms in total. The lowest BCUT2D eigenvalue weighted by atomic mass is 9.83. The molecule has 3 aromatic carbocycles. The number of aliphatic hydroxyl groups is 1. The lowest BCUT2D eigenvalue weighted by molar-refractivity contribution is -0.137. The van der Waals surface area contributed by atoms with Crippen LogP contribution in [-0.4, -0.2) is 29.6 Å². The summed E-state index contributed by atoms with van der Waals surface area (Å²) in [6.07, 6.45) is -1.67. The van der Waals surface area contributed by atoms with E-state index in [1.54, 1.807) is 0 Å². The Morgan fingerprint density at radius 2 is 1.47 bits per heavy atom. The zero-order valence-electron chi connectivity index (χ0n) is 20.8. The fraction of sp³-hybridized carbons (Fsp3) is 0.400. The first kappa shape index (κ1) is 26.7. The molecule has 0 aromatic heterocycles. The standard InChI is InChI=1S/C28H27ClF3NO.C2H6/c29-26-12-11-19(18-25(26)28(30,31)32)27(34)13-16-33(17-14-27)15-5-10-24-22-8-3-1-6-20(22)21-7-2-4-9-23(21)24;1-2/h1-4,6-9,11-12,18,24,34H,5,10,13-17H2;1-2H3. The molecule has 36 heavy (non-hydrogen) atoms. The predicted molar refractivity (Wildman–Crippen MR) is 140 cm³/mol. The second-order valence-electron chi connectivity index (χ2n) is 9.43. The van der Waals surface area contributed by atoms with E-state index in [9.17, 15) is 18.3 Å². The number of hydrogen-bond acceptors (Lipinski definition) is 2. The van der Waals surface area contributed by atoms with Crippen LogP contribution in [0.5, 0.6) is 0 Å². The van der Waals surface area contributed by atoms with E-state index in [-0.39, 0.29) is 5.02 Å². The van der Waals surface area contributed by atoms with Gasteiger partial charge in [-0.2, -0.15) is 13.2 Å². The van der Waals surface area contributed by atoms with Gasteiger partial charge in [-0.05, 0) is 72.2 Å². The first-order valence-electron chi connectivity index (χ1n) is 12.8. The Hall–Kier alpha value is -2.34. The Morgan fingerprint density at radius 3 is 2.03 bits per heavy atom. The molecular formula is C30H33ClF3NO. The van der Waals surface area contributed by atoms with Crippen molar-refractivity contribution in [3.05, 3.63) is 94.0 Å². The van der Waals surface area contributed by atoms with Crippen LogP contribution in [-0.2, 0) is 11.8 Å². The molecule has 0 unspecified atom stereocenters. The molecule has 0 atom stereocenters. The van der Waals surface area contributed by atoms with Crippen molar-refractivity contribution in [1.82, 2.24) is 4.90 Å². The number of likely N-dealkylation sites (tertiary alicyclic amines) is 1. The number of halogens is 4. The van der Waals surface area contributed by atoms with Crippen molar-refractivity contribution in [3.63, 3.8) is 0 Å². The molecular weight excluding hydrogens is 483 g/mol. The predicted octanol–water partition coefficient (Wildman–Crippen LogP) is 8.26. The quantitative estimate of drug-likeness (QED) is 0.369. The third-order valence-corrected chi connectivity index (χ3v) is 7.75. The minimum atomic E-state index is -4.54. The van der Waals surface area contributed by atoms with Gasteiger partial charge in [-0.15, -0.1) is 0 Å². The molecule has 1 saturated heterocycles. The molecule has 0 saturated carbocycles.